The minimum atomic E-state index is -0.235. The number of carbonyl (C=O) groups is 1. The van der Waals surface area contributed by atoms with Crippen molar-refractivity contribution in [3.8, 4) is 0 Å². The molecule has 1 fully saturated rings. The van der Waals surface area contributed by atoms with E-state index in [0.717, 1.165) is 42.3 Å². The van der Waals surface area contributed by atoms with Crippen molar-refractivity contribution in [2.75, 3.05) is 44.2 Å². The topological polar surface area (TPSA) is 77.8 Å². The maximum absolute atomic E-state index is 13.1. The average molecular weight is 444 g/mol. The number of piperazine rings is 1. The molecule has 1 aromatic heterocycles. The fraction of sp³-hybridized carbons (Fsp3) is 0.522. The quantitative estimate of drug-likeness (QED) is 0.505. The molecule has 174 valence electrons. The van der Waals surface area contributed by atoms with Gasteiger partial charge in [0.25, 0.3) is 0 Å². The van der Waals surface area contributed by atoms with Crippen LogP contribution in [-0.4, -0.2) is 65.8 Å². The highest BCUT2D eigenvalue weighted by molar-refractivity contribution is 5.81. The predicted octanol–water partition coefficient (Wildman–Crippen LogP) is 1.97. The Morgan fingerprint density at radius 3 is 2.41 bits per heavy atom. The molecule has 1 amide bonds. The van der Waals surface area contributed by atoms with Crippen LogP contribution < -0.4 is 15.5 Å². The van der Waals surface area contributed by atoms with Gasteiger partial charge in [-0.15, -0.1) is 0 Å². The zero-order valence-corrected chi connectivity index (χ0v) is 19.5. The zero-order chi connectivity index (χ0) is 23.1. The highest BCUT2D eigenvalue weighted by Gasteiger charge is 2.21. The van der Waals surface area contributed by atoms with Gasteiger partial charge in [-0.3, -0.25) is 9.48 Å². The summed E-state index contributed by atoms with van der Waals surface area (Å²) in [5.74, 6) is 0.594. The number of hydrogen-bond donors (Lipinski definition) is 2. The fourth-order valence-electron chi connectivity index (χ4n) is 3.86. The molecule has 0 radical (unpaired) electrons. The Hall–Kier alpha value is -3.10. The van der Waals surface area contributed by atoms with Gasteiger partial charge in [0, 0.05) is 69.7 Å². The van der Waals surface area contributed by atoms with Crippen molar-refractivity contribution in [3.05, 3.63) is 47.0 Å². The van der Waals surface area contributed by atoms with Gasteiger partial charge in [-0.1, -0.05) is 0 Å². The number of halogens is 1. The van der Waals surface area contributed by atoms with Crippen LogP contribution in [0.1, 0.15) is 30.3 Å². The van der Waals surface area contributed by atoms with Crippen LogP contribution in [0, 0.1) is 19.7 Å². The molecule has 2 heterocycles. The van der Waals surface area contributed by atoms with Crippen molar-refractivity contribution in [2.45, 2.75) is 33.7 Å². The first-order chi connectivity index (χ1) is 15.4. The molecule has 0 saturated carbocycles. The summed E-state index contributed by atoms with van der Waals surface area (Å²) in [6.45, 7) is 10.7. The Balaban J connectivity index is 1.45. The number of nitrogens with zero attached hydrogens (tertiary/aromatic N) is 5. The number of nitrogens with one attached hydrogen (secondary N) is 2. The van der Waals surface area contributed by atoms with E-state index in [2.05, 4.69) is 25.6 Å². The maximum atomic E-state index is 13.1. The van der Waals surface area contributed by atoms with E-state index in [9.17, 15) is 9.18 Å². The van der Waals surface area contributed by atoms with E-state index in [-0.39, 0.29) is 11.7 Å². The third-order valence-electron chi connectivity index (χ3n) is 5.85. The number of guanidine groups is 1. The van der Waals surface area contributed by atoms with Crippen LogP contribution in [0.5, 0.6) is 0 Å². The molecule has 0 atom stereocenters. The van der Waals surface area contributed by atoms with Gasteiger partial charge < -0.3 is 20.4 Å². The van der Waals surface area contributed by atoms with Gasteiger partial charge in [0.05, 0.1) is 12.2 Å². The highest BCUT2D eigenvalue weighted by atomic mass is 19.1. The molecule has 32 heavy (non-hydrogen) atoms. The highest BCUT2D eigenvalue weighted by Crippen LogP contribution is 2.17. The SMILES string of the molecule is CCNC(=NCc1c(C)nn(C)c1C)NCCC(=O)N1CCN(c2ccc(F)cc2)CC1. The molecule has 3 rings (SSSR count). The third-order valence-corrected chi connectivity index (χ3v) is 5.85. The lowest BCUT2D eigenvalue weighted by Crippen LogP contribution is -2.49. The van der Waals surface area contributed by atoms with Gasteiger partial charge in [0.2, 0.25) is 5.91 Å². The van der Waals surface area contributed by atoms with Crippen molar-refractivity contribution < 1.29 is 9.18 Å². The van der Waals surface area contributed by atoms with E-state index in [1.54, 1.807) is 12.1 Å². The largest absolute Gasteiger partial charge is 0.368 e. The van der Waals surface area contributed by atoms with E-state index >= 15 is 0 Å². The molecule has 8 nitrogen and oxygen atoms in total. The summed E-state index contributed by atoms with van der Waals surface area (Å²) in [6.07, 6.45) is 0.409. The van der Waals surface area contributed by atoms with Gasteiger partial charge in [0.15, 0.2) is 5.96 Å². The molecule has 9 heteroatoms. The number of aliphatic imine (C=N–C) groups is 1. The molecular formula is C23H34FN7O. The van der Waals surface area contributed by atoms with Crippen LogP contribution in [0.15, 0.2) is 29.3 Å². The van der Waals surface area contributed by atoms with Crippen molar-refractivity contribution in [2.24, 2.45) is 12.0 Å². The standard InChI is InChI=1S/C23H34FN7O/c1-5-25-23(27-16-21-17(2)28-29(4)18(21)3)26-11-10-22(32)31-14-12-30(13-15-31)20-8-6-19(24)7-9-20/h6-9H,5,10-16H2,1-4H3,(H2,25,26,27). The molecule has 0 aliphatic carbocycles. The van der Waals surface area contributed by atoms with Crippen LogP contribution in [0.2, 0.25) is 0 Å². The summed E-state index contributed by atoms with van der Waals surface area (Å²) in [5.41, 5.74) is 4.21. The Labute approximate surface area is 189 Å². The van der Waals surface area contributed by atoms with Crippen molar-refractivity contribution in [1.82, 2.24) is 25.3 Å². The lowest BCUT2D eigenvalue weighted by Gasteiger charge is -2.36. The summed E-state index contributed by atoms with van der Waals surface area (Å²) in [6, 6.07) is 6.51. The number of hydrogen-bond acceptors (Lipinski definition) is 4. The monoisotopic (exact) mass is 443 g/mol. The van der Waals surface area contributed by atoms with Crippen molar-refractivity contribution in [1.29, 1.82) is 0 Å². The second-order valence-electron chi connectivity index (χ2n) is 7.99. The second-order valence-corrected chi connectivity index (χ2v) is 7.99. The lowest BCUT2D eigenvalue weighted by molar-refractivity contribution is -0.131. The summed E-state index contributed by atoms with van der Waals surface area (Å²) in [4.78, 5) is 21.4. The zero-order valence-electron chi connectivity index (χ0n) is 19.5. The molecule has 1 aliphatic heterocycles. The van der Waals surface area contributed by atoms with E-state index in [4.69, 9.17) is 0 Å². The van der Waals surface area contributed by atoms with E-state index < -0.39 is 0 Å². The van der Waals surface area contributed by atoms with Gasteiger partial charge in [0.1, 0.15) is 5.82 Å². The van der Waals surface area contributed by atoms with Crippen molar-refractivity contribution >= 4 is 17.6 Å². The average Bonchev–Trinajstić information content (AvgIpc) is 3.03. The number of carbonyl (C=O) groups excluding carboxylic acids is 1. The van der Waals surface area contributed by atoms with Crippen molar-refractivity contribution in [3.63, 3.8) is 0 Å². The summed E-state index contributed by atoms with van der Waals surface area (Å²) in [7, 11) is 1.93. The normalized spacial score (nSPS) is 14.6. The van der Waals surface area contributed by atoms with Crippen LogP contribution in [-0.2, 0) is 18.4 Å². The smallest absolute Gasteiger partial charge is 0.224 e. The number of aryl methyl sites for hydroxylation is 2. The number of aromatic nitrogens is 2. The lowest BCUT2D eigenvalue weighted by atomic mass is 10.2. The molecule has 2 aromatic rings. The summed E-state index contributed by atoms with van der Waals surface area (Å²) < 4.78 is 15.0. The van der Waals surface area contributed by atoms with Crippen LogP contribution in [0.3, 0.4) is 0 Å². The number of amides is 1. The Bertz CT molecular complexity index is 931. The molecule has 1 aromatic carbocycles. The Morgan fingerprint density at radius 1 is 1.12 bits per heavy atom. The van der Waals surface area contributed by atoms with Crippen LogP contribution in [0.25, 0.3) is 0 Å². The molecule has 0 bridgehead atoms. The van der Waals surface area contributed by atoms with Gasteiger partial charge in [-0.25, -0.2) is 9.38 Å². The number of rotatable bonds is 7. The summed E-state index contributed by atoms with van der Waals surface area (Å²) in [5, 5.41) is 10.9. The molecule has 0 spiro atoms. The minimum absolute atomic E-state index is 0.131. The Kier molecular flexibility index (Phi) is 8.08. The van der Waals surface area contributed by atoms with Gasteiger partial charge in [-0.05, 0) is 45.0 Å². The second kappa shape index (κ2) is 11.0. The first kappa shape index (κ1) is 23.6. The number of anilines is 1. The van der Waals surface area contributed by atoms with Crippen LogP contribution in [0.4, 0.5) is 10.1 Å². The third kappa shape index (κ3) is 5.99. The molecule has 2 N–H and O–H groups in total. The maximum Gasteiger partial charge on any atom is 0.224 e. The number of benzene rings is 1. The first-order valence-electron chi connectivity index (χ1n) is 11.2. The molecular weight excluding hydrogens is 409 g/mol. The summed E-state index contributed by atoms with van der Waals surface area (Å²) >= 11 is 0. The van der Waals surface area contributed by atoms with Gasteiger partial charge in [-0.2, -0.15) is 5.10 Å². The fourth-order valence-corrected chi connectivity index (χ4v) is 3.86. The predicted molar refractivity (Wildman–Crippen MR) is 125 cm³/mol. The van der Waals surface area contributed by atoms with E-state index in [1.165, 1.54) is 12.1 Å². The first-order valence-corrected chi connectivity index (χ1v) is 11.2. The minimum Gasteiger partial charge on any atom is -0.368 e. The molecule has 1 saturated heterocycles. The molecule has 0 unspecified atom stereocenters. The van der Waals surface area contributed by atoms with E-state index in [1.807, 2.05) is 37.4 Å². The Morgan fingerprint density at radius 2 is 1.81 bits per heavy atom. The van der Waals surface area contributed by atoms with Crippen LogP contribution >= 0.6 is 0 Å². The van der Waals surface area contributed by atoms with Gasteiger partial charge >= 0.3 is 0 Å². The van der Waals surface area contributed by atoms with E-state index in [0.29, 0.717) is 38.6 Å². The molecule has 1 aliphatic rings.